The first-order chi connectivity index (χ1) is 9.76. The van der Waals surface area contributed by atoms with Gasteiger partial charge in [-0.15, -0.1) is 0 Å². The number of rotatable bonds is 5. The summed E-state index contributed by atoms with van der Waals surface area (Å²) in [6, 6.07) is 1.15. The molecule has 8 heteroatoms. The van der Waals surface area contributed by atoms with Gasteiger partial charge in [0.1, 0.15) is 6.04 Å². The molecule has 0 aliphatic heterocycles. The van der Waals surface area contributed by atoms with Crippen molar-refractivity contribution in [1.29, 1.82) is 0 Å². The van der Waals surface area contributed by atoms with E-state index in [1.165, 1.54) is 12.1 Å². The maximum absolute atomic E-state index is 11.9. The van der Waals surface area contributed by atoms with Crippen LogP contribution in [0.3, 0.4) is 0 Å². The molecule has 3 N–H and O–H groups in total. The van der Waals surface area contributed by atoms with Gasteiger partial charge in [0, 0.05) is 5.02 Å². The van der Waals surface area contributed by atoms with Crippen molar-refractivity contribution in [2.45, 2.75) is 26.3 Å². The number of hydrogen-bond acceptors (Lipinski definition) is 2. The summed E-state index contributed by atoms with van der Waals surface area (Å²) in [6.45, 7) is 3.58. The van der Waals surface area contributed by atoms with Crippen molar-refractivity contribution >= 4 is 52.5 Å². The molecule has 0 aliphatic carbocycles. The number of anilines is 1. The molecule has 21 heavy (non-hydrogen) atoms. The number of urea groups is 1. The Labute approximate surface area is 137 Å². The Morgan fingerprint density at radius 2 is 1.76 bits per heavy atom. The van der Waals surface area contributed by atoms with Crippen LogP contribution in [0.4, 0.5) is 10.5 Å². The number of halogens is 3. The van der Waals surface area contributed by atoms with Gasteiger partial charge in [-0.25, -0.2) is 9.59 Å². The summed E-state index contributed by atoms with van der Waals surface area (Å²) >= 11 is 17.7. The lowest BCUT2D eigenvalue weighted by Crippen LogP contribution is -2.46. The van der Waals surface area contributed by atoms with Gasteiger partial charge < -0.3 is 15.7 Å². The van der Waals surface area contributed by atoms with E-state index in [9.17, 15) is 9.59 Å². The molecule has 0 aromatic heterocycles. The predicted octanol–water partition coefficient (Wildman–Crippen LogP) is 4.27. The van der Waals surface area contributed by atoms with Gasteiger partial charge >= 0.3 is 12.0 Å². The molecule has 0 bridgehead atoms. The van der Waals surface area contributed by atoms with Gasteiger partial charge in [-0.2, -0.15) is 0 Å². The van der Waals surface area contributed by atoms with Crippen LogP contribution >= 0.6 is 34.8 Å². The van der Waals surface area contributed by atoms with E-state index < -0.39 is 18.0 Å². The topological polar surface area (TPSA) is 78.4 Å². The van der Waals surface area contributed by atoms with Gasteiger partial charge in [-0.05, 0) is 18.1 Å². The molecule has 0 heterocycles. The second-order valence-electron chi connectivity index (χ2n) is 4.54. The summed E-state index contributed by atoms with van der Waals surface area (Å²) in [5, 5.41) is 14.6. The highest BCUT2D eigenvalue weighted by atomic mass is 35.5. The number of hydrogen-bond donors (Lipinski definition) is 3. The van der Waals surface area contributed by atoms with E-state index in [0.29, 0.717) is 11.4 Å². The van der Waals surface area contributed by atoms with E-state index in [1.807, 2.05) is 6.92 Å². The van der Waals surface area contributed by atoms with Crippen LogP contribution in [0.25, 0.3) is 0 Å². The molecule has 1 rings (SSSR count). The Morgan fingerprint density at radius 3 is 2.19 bits per heavy atom. The molecule has 2 unspecified atom stereocenters. The lowest BCUT2D eigenvalue weighted by atomic mass is 9.99. The highest BCUT2D eigenvalue weighted by Gasteiger charge is 2.25. The Morgan fingerprint density at radius 1 is 1.24 bits per heavy atom. The van der Waals surface area contributed by atoms with Crippen molar-refractivity contribution in [1.82, 2.24) is 5.32 Å². The van der Waals surface area contributed by atoms with E-state index in [0.717, 1.165) is 0 Å². The lowest BCUT2D eigenvalue weighted by Gasteiger charge is -2.20. The van der Waals surface area contributed by atoms with Gasteiger partial charge in [-0.1, -0.05) is 55.1 Å². The number of aliphatic carboxylic acids is 1. The van der Waals surface area contributed by atoms with Crippen LogP contribution in [0.15, 0.2) is 12.1 Å². The van der Waals surface area contributed by atoms with E-state index in [2.05, 4.69) is 10.6 Å². The molecule has 0 spiro atoms. The molecule has 2 atom stereocenters. The van der Waals surface area contributed by atoms with E-state index in [1.54, 1.807) is 6.92 Å². The molecule has 0 saturated heterocycles. The number of amides is 2. The average molecular weight is 354 g/mol. The smallest absolute Gasteiger partial charge is 0.326 e. The van der Waals surface area contributed by atoms with E-state index in [4.69, 9.17) is 39.9 Å². The Balaban J connectivity index is 2.84. The van der Waals surface area contributed by atoms with Crippen molar-refractivity contribution < 1.29 is 14.7 Å². The minimum Gasteiger partial charge on any atom is -0.480 e. The first kappa shape index (κ1) is 17.9. The molecule has 116 valence electrons. The monoisotopic (exact) mass is 352 g/mol. The van der Waals surface area contributed by atoms with Crippen LogP contribution in [0.1, 0.15) is 20.3 Å². The molecule has 1 aromatic carbocycles. The summed E-state index contributed by atoms with van der Waals surface area (Å²) in [4.78, 5) is 23.1. The fourth-order valence-electron chi connectivity index (χ4n) is 1.64. The average Bonchev–Trinajstić information content (AvgIpc) is 2.39. The number of carboxylic acid groups (broad SMARTS) is 1. The molecular formula is C13H15Cl3N2O3. The van der Waals surface area contributed by atoms with Gasteiger partial charge in [-0.3, -0.25) is 0 Å². The molecule has 5 nitrogen and oxygen atoms in total. The number of carbonyl (C=O) groups is 2. The maximum atomic E-state index is 11.9. The third-order valence-electron chi connectivity index (χ3n) is 3.01. The van der Waals surface area contributed by atoms with Crippen molar-refractivity contribution in [3.05, 3.63) is 27.2 Å². The Kier molecular flexibility index (Phi) is 6.58. The number of carbonyl (C=O) groups excluding carboxylic acids is 1. The van der Waals surface area contributed by atoms with Crippen LogP contribution in [0.2, 0.25) is 15.1 Å². The molecule has 0 radical (unpaired) electrons. The number of benzene rings is 1. The normalized spacial score (nSPS) is 13.4. The van der Waals surface area contributed by atoms with Crippen LogP contribution in [0, 0.1) is 5.92 Å². The van der Waals surface area contributed by atoms with Crippen LogP contribution in [-0.2, 0) is 4.79 Å². The SMILES string of the molecule is CCC(C)C(NC(=O)Nc1c(Cl)cc(Cl)cc1Cl)C(=O)O. The van der Waals surface area contributed by atoms with Crippen LogP contribution in [0.5, 0.6) is 0 Å². The quantitative estimate of drug-likeness (QED) is 0.739. The first-order valence-electron chi connectivity index (χ1n) is 6.21. The van der Waals surface area contributed by atoms with E-state index in [-0.39, 0.29) is 21.7 Å². The molecule has 0 aliphatic rings. The fourth-order valence-corrected chi connectivity index (χ4v) is 2.55. The molecule has 1 aromatic rings. The minimum absolute atomic E-state index is 0.165. The standard InChI is InChI=1S/C13H15Cl3N2O3/c1-3-6(2)10(12(19)20)17-13(21)18-11-8(15)4-7(14)5-9(11)16/h4-6,10H,3H2,1-2H3,(H,19,20)(H2,17,18,21). The third-order valence-corrected chi connectivity index (χ3v) is 3.83. The van der Waals surface area contributed by atoms with Crippen molar-refractivity contribution in [3.8, 4) is 0 Å². The zero-order valence-electron chi connectivity index (χ0n) is 11.4. The second-order valence-corrected chi connectivity index (χ2v) is 5.80. The molecule has 0 saturated carbocycles. The van der Waals surface area contributed by atoms with Crippen LogP contribution < -0.4 is 10.6 Å². The predicted molar refractivity (Wildman–Crippen MR) is 84.5 cm³/mol. The summed E-state index contributed by atoms with van der Waals surface area (Å²) in [5.41, 5.74) is 0.175. The Hall–Kier alpha value is -1.17. The molecule has 2 amide bonds. The fraction of sp³-hybridized carbons (Fsp3) is 0.385. The summed E-state index contributed by atoms with van der Waals surface area (Å²) in [7, 11) is 0. The first-order valence-corrected chi connectivity index (χ1v) is 7.34. The zero-order valence-corrected chi connectivity index (χ0v) is 13.7. The highest BCUT2D eigenvalue weighted by molar-refractivity contribution is 6.42. The van der Waals surface area contributed by atoms with Crippen molar-refractivity contribution in [2.75, 3.05) is 5.32 Å². The Bertz CT molecular complexity index is 528. The number of carboxylic acids is 1. The van der Waals surface area contributed by atoms with Gasteiger partial charge in [0.15, 0.2) is 0 Å². The lowest BCUT2D eigenvalue weighted by molar-refractivity contribution is -0.140. The molecule has 0 fully saturated rings. The zero-order chi connectivity index (χ0) is 16.2. The second kappa shape index (κ2) is 7.73. The van der Waals surface area contributed by atoms with Crippen molar-refractivity contribution in [3.63, 3.8) is 0 Å². The largest absolute Gasteiger partial charge is 0.480 e. The summed E-state index contributed by atoms with van der Waals surface area (Å²) < 4.78 is 0. The van der Waals surface area contributed by atoms with E-state index >= 15 is 0 Å². The number of nitrogens with one attached hydrogen (secondary N) is 2. The third kappa shape index (κ3) is 4.95. The summed E-state index contributed by atoms with van der Waals surface area (Å²) in [5.74, 6) is -1.32. The van der Waals surface area contributed by atoms with Gasteiger partial charge in [0.25, 0.3) is 0 Å². The highest BCUT2D eigenvalue weighted by Crippen LogP contribution is 2.33. The summed E-state index contributed by atoms with van der Waals surface area (Å²) in [6.07, 6.45) is 0.611. The van der Waals surface area contributed by atoms with Gasteiger partial charge in [0.05, 0.1) is 15.7 Å². The van der Waals surface area contributed by atoms with Gasteiger partial charge in [0.2, 0.25) is 0 Å². The molecular weight excluding hydrogens is 339 g/mol. The van der Waals surface area contributed by atoms with Crippen molar-refractivity contribution in [2.24, 2.45) is 5.92 Å². The maximum Gasteiger partial charge on any atom is 0.326 e. The van der Waals surface area contributed by atoms with Crippen LogP contribution in [-0.4, -0.2) is 23.1 Å². The minimum atomic E-state index is -1.10.